The van der Waals surface area contributed by atoms with E-state index < -0.39 is 5.97 Å². The Morgan fingerprint density at radius 2 is 2.11 bits per heavy atom. The average molecular weight is 314 g/mol. The summed E-state index contributed by atoms with van der Waals surface area (Å²) in [5.74, 6) is -0.833. The second-order valence-electron chi connectivity index (χ2n) is 3.92. The molecule has 1 aromatic carbocycles. The van der Waals surface area contributed by atoms with Gasteiger partial charge in [-0.05, 0) is 36.6 Å². The van der Waals surface area contributed by atoms with Gasteiger partial charge >= 0.3 is 5.97 Å². The van der Waals surface area contributed by atoms with E-state index in [0.717, 1.165) is 10.9 Å². The van der Waals surface area contributed by atoms with E-state index in [9.17, 15) is 9.59 Å². The smallest absolute Gasteiger partial charge is 0.315 e. The lowest BCUT2D eigenvalue weighted by molar-refractivity contribution is -0.143. The number of aryl methyl sites for hydroxylation is 1. The van der Waals surface area contributed by atoms with Crippen LogP contribution in [-0.2, 0) is 20.7 Å². The fraction of sp³-hybridized carbons (Fsp3) is 0.385. The number of carbonyl (C=O) groups excluding carboxylic acids is 2. The summed E-state index contributed by atoms with van der Waals surface area (Å²) in [7, 11) is 1.26. The van der Waals surface area contributed by atoms with Crippen LogP contribution in [0.25, 0.3) is 0 Å². The number of ether oxygens (including phenoxy) is 1. The predicted octanol–water partition coefficient (Wildman–Crippen LogP) is 1.98. The van der Waals surface area contributed by atoms with E-state index in [1.165, 1.54) is 18.2 Å². The standard InChI is InChI=1S/C13H16BrNO3/c1-9-3-4-11(14)7-10(9)5-6-15-12(16)8-13(17)18-2/h3-4,7H,5-6,8H2,1-2H3,(H,15,16). The van der Waals surface area contributed by atoms with Crippen LogP contribution in [0.3, 0.4) is 0 Å². The van der Waals surface area contributed by atoms with Crippen LogP contribution in [0.5, 0.6) is 0 Å². The SMILES string of the molecule is COC(=O)CC(=O)NCCc1cc(Br)ccc1C. The van der Waals surface area contributed by atoms with Crippen molar-refractivity contribution in [1.82, 2.24) is 5.32 Å². The molecule has 0 unspecified atom stereocenters. The Kier molecular flexibility index (Phi) is 5.85. The number of rotatable bonds is 5. The molecule has 0 aromatic heterocycles. The van der Waals surface area contributed by atoms with Gasteiger partial charge < -0.3 is 10.1 Å². The van der Waals surface area contributed by atoms with E-state index in [4.69, 9.17) is 0 Å². The van der Waals surface area contributed by atoms with Crippen LogP contribution in [0.15, 0.2) is 22.7 Å². The van der Waals surface area contributed by atoms with Crippen molar-refractivity contribution in [3.05, 3.63) is 33.8 Å². The second kappa shape index (κ2) is 7.16. The van der Waals surface area contributed by atoms with Gasteiger partial charge in [0.05, 0.1) is 7.11 Å². The topological polar surface area (TPSA) is 55.4 Å². The zero-order valence-corrected chi connectivity index (χ0v) is 12.0. The van der Waals surface area contributed by atoms with Gasteiger partial charge in [-0.3, -0.25) is 9.59 Å². The summed E-state index contributed by atoms with van der Waals surface area (Å²) in [5.41, 5.74) is 2.35. The molecule has 0 heterocycles. The fourth-order valence-corrected chi connectivity index (χ4v) is 1.92. The molecule has 18 heavy (non-hydrogen) atoms. The first-order valence-electron chi connectivity index (χ1n) is 5.61. The lowest BCUT2D eigenvalue weighted by atomic mass is 10.1. The fourth-order valence-electron chi connectivity index (χ4n) is 1.51. The third-order valence-corrected chi connectivity index (χ3v) is 3.05. The minimum absolute atomic E-state index is 0.228. The van der Waals surface area contributed by atoms with Gasteiger partial charge in [-0.2, -0.15) is 0 Å². The molecule has 98 valence electrons. The summed E-state index contributed by atoms with van der Waals surface area (Å²) < 4.78 is 5.43. The van der Waals surface area contributed by atoms with Crippen molar-refractivity contribution in [2.45, 2.75) is 19.8 Å². The first kappa shape index (κ1) is 14.7. The van der Waals surface area contributed by atoms with E-state index in [-0.39, 0.29) is 12.3 Å². The molecule has 0 aliphatic rings. The maximum absolute atomic E-state index is 11.3. The Morgan fingerprint density at radius 3 is 2.78 bits per heavy atom. The van der Waals surface area contributed by atoms with E-state index >= 15 is 0 Å². The van der Waals surface area contributed by atoms with Crippen LogP contribution in [0.1, 0.15) is 17.5 Å². The largest absolute Gasteiger partial charge is 0.469 e. The Labute approximate surface area is 115 Å². The van der Waals surface area contributed by atoms with Gasteiger partial charge in [0.25, 0.3) is 0 Å². The molecular weight excluding hydrogens is 298 g/mol. The number of methoxy groups -OCH3 is 1. The predicted molar refractivity (Wildman–Crippen MR) is 72.2 cm³/mol. The van der Waals surface area contributed by atoms with E-state index in [1.54, 1.807) is 0 Å². The molecule has 0 radical (unpaired) electrons. The minimum atomic E-state index is -0.522. The number of hydrogen-bond donors (Lipinski definition) is 1. The Morgan fingerprint density at radius 1 is 1.39 bits per heavy atom. The molecule has 0 saturated carbocycles. The van der Waals surface area contributed by atoms with Crippen molar-refractivity contribution in [2.75, 3.05) is 13.7 Å². The van der Waals surface area contributed by atoms with E-state index in [1.807, 2.05) is 25.1 Å². The Balaban J connectivity index is 2.39. The highest BCUT2D eigenvalue weighted by Crippen LogP contribution is 2.16. The molecule has 4 nitrogen and oxygen atoms in total. The van der Waals surface area contributed by atoms with Crippen LogP contribution < -0.4 is 5.32 Å². The summed E-state index contributed by atoms with van der Waals surface area (Å²) >= 11 is 3.41. The van der Waals surface area contributed by atoms with Gasteiger partial charge in [0.1, 0.15) is 6.42 Å². The first-order chi connectivity index (χ1) is 8.52. The minimum Gasteiger partial charge on any atom is -0.469 e. The molecule has 1 N–H and O–H groups in total. The number of amides is 1. The number of halogens is 1. The summed E-state index contributed by atoms with van der Waals surface area (Å²) in [5, 5.41) is 2.69. The van der Waals surface area contributed by atoms with Crippen molar-refractivity contribution in [1.29, 1.82) is 0 Å². The van der Waals surface area contributed by atoms with Crippen LogP contribution in [0, 0.1) is 6.92 Å². The third-order valence-electron chi connectivity index (χ3n) is 2.56. The molecule has 1 amide bonds. The van der Waals surface area contributed by atoms with Crippen LogP contribution in [0.4, 0.5) is 0 Å². The maximum Gasteiger partial charge on any atom is 0.315 e. The summed E-state index contributed by atoms with van der Waals surface area (Å²) in [6.07, 6.45) is 0.506. The molecule has 0 atom stereocenters. The molecule has 0 aliphatic carbocycles. The van der Waals surface area contributed by atoms with Crippen molar-refractivity contribution < 1.29 is 14.3 Å². The van der Waals surface area contributed by atoms with Gasteiger partial charge in [0.2, 0.25) is 5.91 Å². The van der Waals surface area contributed by atoms with Crippen molar-refractivity contribution in [2.24, 2.45) is 0 Å². The first-order valence-corrected chi connectivity index (χ1v) is 6.40. The lowest BCUT2D eigenvalue weighted by Crippen LogP contribution is -2.28. The monoisotopic (exact) mass is 313 g/mol. The molecule has 0 spiro atoms. The summed E-state index contributed by atoms with van der Waals surface area (Å²) in [4.78, 5) is 22.2. The average Bonchev–Trinajstić information content (AvgIpc) is 2.33. The van der Waals surface area contributed by atoms with E-state index in [2.05, 4.69) is 26.0 Å². The van der Waals surface area contributed by atoms with Crippen LogP contribution in [-0.4, -0.2) is 25.5 Å². The van der Waals surface area contributed by atoms with Gasteiger partial charge in [-0.15, -0.1) is 0 Å². The highest BCUT2D eigenvalue weighted by molar-refractivity contribution is 9.10. The second-order valence-corrected chi connectivity index (χ2v) is 4.84. The van der Waals surface area contributed by atoms with Gasteiger partial charge in [-0.1, -0.05) is 22.0 Å². The molecule has 0 saturated heterocycles. The van der Waals surface area contributed by atoms with Crippen molar-refractivity contribution in [3.63, 3.8) is 0 Å². The Hall–Kier alpha value is -1.36. The highest BCUT2D eigenvalue weighted by Gasteiger charge is 2.08. The van der Waals surface area contributed by atoms with Gasteiger partial charge in [0.15, 0.2) is 0 Å². The normalized spacial score (nSPS) is 9.94. The van der Waals surface area contributed by atoms with Crippen LogP contribution >= 0.6 is 15.9 Å². The van der Waals surface area contributed by atoms with E-state index in [0.29, 0.717) is 6.54 Å². The maximum atomic E-state index is 11.3. The third kappa shape index (κ3) is 4.87. The molecule has 1 rings (SSSR count). The molecule has 5 heteroatoms. The number of nitrogens with one attached hydrogen (secondary N) is 1. The van der Waals surface area contributed by atoms with Crippen molar-refractivity contribution in [3.8, 4) is 0 Å². The number of esters is 1. The van der Waals surface area contributed by atoms with Crippen LogP contribution in [0.2, 0.25) is 0 Å². The number of carbonyl (C=O) groups is 2. The Bertz CT molecular complexity index is 446. The highest BCUT2D eigenvalue weighted by atomic mass is 79.9. The van der Waals surface area contributed by atoms with Gasteiger partial charge in [-0.25, -0.2) is 0 Å². The number of benzene rings is 1. The molecular formula is C13H16BrNO3. The summed E-state index contributed by atoms with van der Waals surface area (Å²) in [6, 6.07) is 6.03. The zero-order valence-electron chi connectivity index (χ0n) is 10.5. The molecule has 0 aliphatic heterocycles. The van der Waals surface area contributed by atoms with Gasteiger partial charge in [0, 0.05) is 11.0 Å². The number of hydrogen-bond acceptors (Lipinski definition) is 3. The quantitative estimate of drug-likeness (QED) is 0.668. The summed E-state index contributed by atoms with van der Waals surface area (Å²) in [6.45, 7) is 2.53. The molecule has 0 bridgehead atoms. The lowest BCUT2D eigenvalue weighted by Gasteiger charge is -2.07. The molecule has 1 aromatic rings. The molecule has 0 fully saturated rings. The van der Waals surface area contributed by atoms with Crippen molar-refractivity contribution >= 4 is 27.8 Å². The zero-order chi connectivity index (χ0) is 13.5.